The first-order valence-corrected chi connectivity index (χ1v) is 8.30. The summed E-state index contributed by atoms with van der Waals surface area (Å²) in [7, 11) is 0. The molecule has 0 heterocycles. The molecule has 25 heavy (non-hydrogen) atoms. The second-order valence-corrected chi connectivity index (χ2v) is 6.90. The van der Waals surface area contributed by atoms with Crippen LogP contribution >= 0.6 is 0 Å². The van der Waals surface area contributed by atoms with E-state index in [2.05, 4.69) is 16.0 Å². The number of rotatable bonds is 6. The topological polar surface area (TPSA) is 70.2 Å². The second-order valence-electron chi connectivity index (χ2n) is 6.90. The fourth-order valence-corrected chi connectivity index (χ4v) is 2.07. The average molecular weight is 339 g/mol. The molecule has 0 saturated heterocycles. The van der Waals surface area contributed by atoms with E-state index in [-0.39, 0.29) is 18.4 Å². The zero-order chi connectivity index (χ0) is 18.3. The van der Waals surface area contributed by atoms with Gasteiger partial charge in [0.1, 0.15) is 0 Å². The molecular formula is C20H25N3O2. The first-order valence-electron chi connectivity index (χ1n) is 8.30. The van der Waals surface area contributed by atoms with Crippen molar-refractivity contribution in [1.82, 2.24) is 5.32 Å². The van der Waals surface area contributed by atoms with E-state index >= 15 is 0 Å². The van der Waals surface area contributed by atoms with Crippen LogP contribution in [0.3, 0.4) is 0 Å². The standard InChI is InChI=1S/C20H25N3O2/c1-20(2,3)19(25)23-17-11-7-10-16(12-17)21-14-18(24)22-13-15-8-5-4-6-9-15/h4-12,21H,13-14H2,1-3H3,(H,22,24)(H,23,25). The Morgan fingerprint density at radius 2 is 1.60 bits per heavy atom. The number of benzene rings is 2. The first-order chi connectivity index (χ1) is 11.8. The van der Waals surface area contributed by atoms with E-state index in [0.29, 0.717) is 12.2 Å². The van der Waals surface area contributed by atoms with Crippen molar-refractivity contribution in [3.05, 3.63) is 60.2 Å². The second kappa shape index (κ2) is 8.33. The highest BCUT2D eigenvalue weighted by Gasteiger charge is 2.21. The fourth-order valence-electron chi connectivity index (χ4n) is 2.07. The molecule has 0 aliphatic rings. The van der Waals surface area contributed by atoms with Crippen molar-refractivity contribution in [2.45, 2.75) is 27.3 Å². The monoisotopic (exact) mass is 339 g/mol. The maximum Gasteiger partial charge on any atom is 0.239 e. The molecular weight excluding hydrogens is 314 g/mol. The Labute approximate surface area is 148 Å². The lowest BCUT2D eigenvalue weighted by Crippen LogP contribution is -2.29. The largest absolute Gasteiger partial charge is 0.376 e. The van der Waals surface area contributed by atoms with Crippen LogP contribution in [0.1, 0.15) is 26.3 Å². The number of nitrogens with one attached hydrogen (secondary N) is 3. The third kappa shape index (κ3) is 6.30. The van der Waals surface area contributed by atoms with Gasteiger partial charge < -0.3 is 16.0 Å². The minimum Gasteiger partial charge on any atom is -0.376 e. The van der Waals surface area contributed by atoms with Gasteiger partial charge in [0.15, 0.2) is 0 Å². The third-order valence-corrected chi connectivity index (χ3v) is 3.59. The van der Waals surface area contributed by atoms with E-state index in [9.17, 15) is 9.59 Å². The normalized spacial score (nSPS) is 10.8. The van der Waals surface area contributed by atoms with Crippen LogP contribution in [0, 0.1) is 5.41 Å². The molecule has 2 rings (SSSR count). The maximum absolute atomic E-state index is 12.0. The summed E-state index contributed by atoms with van der Waals surface area (Å²) in [6.45, 7) is 6.26. The van der Waals surface area contributed by atoms with Gasteiger partial charge in [-0.15, -0.1) is 0 Å². The summed E-state index contributed by atoms with van der Waals surface area (Å²) < 4.78 is 0. The Morgan fingerprint density at radius 1 is 0.920 bits per heavy atom. The predicted molar refractivity (Wildman–Crippen MR) is 101 cm³/mol. The molecule has 0 radical (unpaired) electrons. The van der Waals surface area contributed by atoms with E-state index in [1.165, 1.54) is 0 Å². The van der Waals surface area contributed by atoms with Gasteiger partial charge in [0.25, 0.3) is 0 Å². The zero-order valence-corrected chi connectivity index (χ0v) is 14.9. The highest BCUT2D eigenvalue weighted by molar-refractivity contribution is 5.95. The van der Waals surface area contributed by atoms with Gasteiger partial charge in [0.2, 0.25) is 11.8 Å². The fraction of sp³-hybridized carbons (Fsp3) is 0.300. The number of hydrogen-bond donors (Lipinski definition) is 3. The highest BCUT2D eigenvalue weighted by Crippen LogP contribution is 2.19. The van der Waals surface area contributed by atoms with Crippen molar-refractivity contribution in [1.29, 1.82) is 0 Å². The summed E-state index contributed by atoms with van der Waals surface area (Å²) >= 11 is 0. The Hall–Kier alpha value is -2.82. The highest BCUT2D eigenvalue weighted by atomic mass is 16.2. The van der Waals surface area contributed by atoms with E-state index < -0.39 is 5.41 Å². The van der Waals surface area contributed by atoms with E-state index in [0.717, 1.165) is 11.3 Å². The van der Waals surface area contributed by atoms with Crippen LogP contribution in [0.25, 0.3) is 0 Å². The maximum atomic E-state index is 12.0. The molecule has 0 unspecified atom stereocenters. The summed E-state index contributed by atoms with van der Waals surface area (Å²) in [5.41, 5.74) is 2.08. The Bertz CT molecular complexity index is 721. The van der Waals surface area contributed by atoms with Gasteiger partial charge in [-0.05, 0) is 23.8 Å². The summed E-state index contributed by atoms with van der Waals surface area (Å²) in [5, 5.41) is 8.81. The number of hydrogen-bond acceptors (Lipinski definition) is 3. The summed E-state index contributed by atoms with van der Waals surface area (Å²) in [4.78, 5) is 24.0. The molecule has 2 amide bonds. The summed E-state index contributed by atoms with van der Waals surface area (Å²) in [6.07, 6.45) is 0. The molecule has 5 nitrogen and oxygen atoms in total. The molecule has 0 atom stereocenters. The van der Waals surface area contributed by atoms with Gasteiger partial charge in [-0.25, -0.2) is 0 Å². The molecule has 0 saturated carbocycles. The van der Waals surface area contributed by atoms with Crippen LogP contribution in [0.5, 0.6) is 0 Å². The van der Waals surface area contributed by atoms with Crippen LogP contribution in [0.15, 0.2) is 54.6 Å². The minimum absolute atomic E-state index is 0.0507. The molecule has 0 aliphatic heterocycles. The third-order valence-electron chi connectivity index (χ3n) is 3.59. The Kier molecular flexibility index (Phi) is 6.17. The Morgan fingerprint density at radius 3 is 2.28 bits per heavy atom. The van der Waals surface area contributed by atoms with Crippen LogP contribution in [-0.4, -0.2) is 18.4 Å². The molecule has 0 bridgehead atoms. The van der Waals surface area contributed by atoms with Gasteiger partial charge in [0, 0.05) is 23.3 Å². The van der Waals surface area contributed by atoms with E-state index in [4.69, 9.17) is 0 Å². The number of carbonyl (C=O) groups excluding carboxylic acids is 2. The summed E-state index contributed by atoms with van der Waals surface area (Å²) in [5.74, 6) is -0.141. The lowest BCUT2D eigenvalue weighted by molar-refractivity contribution is -0.123. The van der Waals surface area contributed by atoms with Crippen molar-refractivity contribution in [2.24, 2.45) is 5.41 Å². The molecule has 5 heteroatoms. The molecule has 2 aromatic carbocycles. The molecule has 132 valence electrons. The molecule has 0 spiro atoms. The van der Waals surface area contributed by atoms with Gasteiger partial charge in [-0.3, -0.25) is 9.59 Å². The van der Waals surface area contributed by atoms with E-state index in [1.54, 1.807) is 0 Å². The predicted octanol–water partition coefficient (Wildman–Crippen LogP) is 3.40. The Balaban J connectivity index is 1.83. The van der Waals surface area contributed by atoms with Crippen LogP contribution in [0.4, 0.5) is 11.4 Å². The average Bonchev–Trinajstić information content (AvgIpc) is 2.58. The van der Waals surface area contributed by atoms with Gasteiger partial charge >= 0.3 is 0 Å². The molecule has 0 aromatic heterocycles. The minimum atomic E-state index is -0.458. The van der Waals surface area contributed by atoms with Gasteiger partial charge in [-0.2, -0.15) is 0 Å². The molecule has 2 aromatic rings. The number of anilines is 2. The van der Waals surface area contributed by atoms with Crippen molar-refractivity contribution < 1.29 is 9.59 Å². The van der Waals surface area contributed by atoms with Crippen molar-refractivity contribution in [2.75, 3.05) is 17.2 Å². The summed E-state index contributed by atoms with van der Waals surface area (Å²) in [6, 6.07) is 17.1. The lowest BCUT2D eigenvalue weighted by atomic mass is 9.95. The van der Waals surface area contributed by atoms with Crippen molar-refractivity contribution in [3.8, 4) is 0 Å². The quantitative estimate of drug-likeness (QED) is 0.755. The van der Waals surface area contributed by atoms with Gasteiger partial charge in [0.05, 0.1) is 6.54 Å². The van der Waals surface area contributed by atoms with Crippen LogP contribution in [-0.2, 0) is 16.1 Å². The SMILES string of the molecule is CC(C)(C)C(=O)Nc1cccc(NCC(=O)NCc2ccccc2)c1. The van der Waals surface area contributed by atoms with E-state index in [1.807, 2.05) is 75.4 Å². The van der Waals surface area contributed by atoms with Crippen molar-refractivity contribution in [3.63, 3.8) is 0 Å². The molecule has 3 N–H and O–H groups in total. The first kappa shape index (κ1) is 18.5. The number of carbonyl (C=O) groups is 2. The lowest BCUT2D eigenvalue weighted by Gasteiger charge is -2.18. The zero-order valence-electron chi connectivity index (χ0n) is 14.9. The van der Waals surface area contributed by atoms with Gasteiger partial charge in [-0.1, -0.05) is 57.2 Å². The van der Waals surface area contributed by atoms with Crippen LogP contribution < -0.4 is 16.0 Å². The molecule has 0 fully saturated rings. The number of amides is 2. The smallest absolute Gasteiger partial charge is 0.239 e. The van der Waals surface area contributed by atoms with Crippen molar-refractivity contribution >= 4 is 23.2 Å². The van der Waals surface area contributed by atoms with Crippen LogP contribution in [0.2, 0.25) is 0 Å². The molecule has 0 aliphatic carbocycles.